The van der Waals surface area contributed by atoms with Crippen molar-refractivity contribution >= 4 is 27.4 Å². The zero-order valence-corrected chi connectivity index (χ0v) is 16.0. The molecule has 3 N–H and O–H groups in total. The van der Waals surface area contributed by atoms with Crippen LogP contribution in [0.5, 0.6) is 5.75 Å². The lowest BCUT2D eigenvalue weighted by atomic mass is 10.2. The van der Waals surface area contributed by atoms with Gasteiger partial charge >= 0.3 is 6.36 Å². The van der Waals surface area contributed by atoms with E-state index in [-0.39, 0.29) is 23.9 Å². The molecule has 1 aliphatic rings. The van der Waals surface area contributed by atoms with Gasteiger partial charge < -0.3 is 15.8 Å². The van der Waals surface area contributed by atoms with E-state index >= 15 is 0 Å². The Hall–Kier alpha value is -2.95. The molecule has 0 unspecified atom stereocenters. The molecule has 0 amide bonds. The summed E-state index contributed by atoms with van der Waals surface area (Å²) in [5, 5.41) is 2.50. The van der Waals surface area contributed by atoms with Crippen molar-refractivity contribution in [2.45, 2.75) is 12.8 Å². The van der Waals surface area contributed by atoms with E-state index in [4.69, 9.17) is 5.73 Å². The third-order valence-corrected chi connectivity index (χ3v) is 5.94. The number of aliphatic imine (C=N–C) groups is 1. The van der Waals surface area contributed by atoms with E-state index in [9.17, 15) is 21.6 Å². The van der Waals surface area contributed by atoms with E-state index in [1.807, 2.05) is 12.1 Å². The molecule has 11 heteroatoms. The number of anilines is 2. The Labute approximate surface area is 166 Å². The van der Waals surface area contributed by atoms with Gasteiger partial charge in [-0.25, -0.2) is 8.42 Å². The Kier molecular flexibility index (Phi) is 5.87. The lowest BCUT2D eigenvalue weighted by Crippen LogP contribution is -2.33. The largest absolute Gasteiger partial charge is 0.573 e. The van der Waals surface area contributed by atoms with E-state index in [1.54, 1.807) is 12.1 Å². The Bertz CT molecular complexity index is 1010. The van der Waals surface area contributed by atoms with Gasteiger partial charge in [0.2, 0.25) is 10.0 Å². The van der Waals surface area contributed by atoms with Crippen molar-refractivity contribution in [3.63, 3.8) is 0 Å². The number of halogens is 3. The van der Waals surface area contributed by atoms with E-state index in [0.717, 1.165) is 11.6 Å². The van der Waals surface area contributed by atoms with Gasteiger partial charge in [0.05, 0.1) is 23.7 Å². The number of rotatable bonds is 6. The summed E-state index contributed by atoms with van der Waals surface area (Å²) < 4.78 is 67.8. The highest BCUT2D eigenvalue weighted by Crippen LogP contribution is 2.31. The third kappa shape index (κ3) is 5.31. The number of benzene rings is 2. The number of nitrogens with two attached hydrogens (primary N) is 1. The molecule has 1 heterocycles. The van der Waals surface area contributed by atoms with E-state index in [0.29, 0.717) is 18.7 Å². The number of hydrogen-bond donors (Lipinski definition) is 2. The summed E-state index contributed by atoms with van der Waals surface area (Å²) in [5.74, 6) is -0.982. The standard InChI is InChI=1S/C18H19F3N4O3S/c19-18(20,21)28-16-8-4-2-6-14(16)24-17(22)23-10-12-29(26,27)25-11-9-13-5-1-3-7-15(13)25/h1-8H,9-12H2,(H3,22,23,24). The quantitative estimate of drug-likeness (QED) is 0.545. The van der Waals surface area contributed by atoms with Crippen molar-refractivity contribution in [3.8, 4) is 5.75 Å². The van der Waals surface area contributed by atoms with Crippen molar-refractivity contribution in [2.75, 3.05) is 28.5 Å². The number of guanidine groups is 1. The highest BCUT2D eigenvalue weighted by Gasteiger charge is 2.32. The number of fused-ring (bicyclic) bond motifs is 1. The van der Waals surface area contributed by atoms with E-state index in [1.165, 1.54) is 22.5 Å². The Morgan fingerprint density at radius 2 is 1.86 bits per heavy atom. The van der Waals surface area contributed by atoms with Crippen LogP contribution in [0.2, 0.25) is 0 Å². The van der Waals surface area contributed by atoms with Gasteiger partial charge in [-0.2, -0.15) is 0 Å². The topological polar surface area (TPSA) is 97.0 Å². The first-order chi connectivity index (χ1) is 13.7. The van der Waals surface area contributed by atoms with Gasteiger partial charge in [0.1, 0.15) is 0 Å². The van der Waals surface area contributed by atoms with Crippen LogP contribution >= 0.6 is 0 Å². The van der Waals surface area contributed by atoms with Gasteiger partial charge in [-0.15, -0.1) is 13.2 Å². The molecule has 3 rings (SSSR count). The molecule has 1 aliphatic heterocycles. The van der Waals surface area contributed by atoms with Gasteiger partial charge in [-0.1, -0.05) is 30.3 Å². The average molecular weight is 428 g/mol. The number of hydrogen-bond acceptors (Lipinski definition) is 4. The van der Waals surface area contributed by atoms with Crippen LogP contribution in [0.15, 0.2) is 53.5 Å². The van der Waals surface area contributed by atoms with Crippen LogP contribution < -0.4 is 20.1 Å². The first-order valence-corrected chi connectivity index (χ1v) is 10.3. The highest BCUT2D eigenvalue weighted by molar-refractivity contribution is 7.92. The zero-order valence-electron chi connectivity index (χ0n) is 15.2. The van der Waals surface area contributed by atoms with Gasteiger partial charge in [0, 0.05) is 6.54 Å². The number of alkyl halides is 3. The fraction of sp³-hybridized carbons (Fsp3) is 0.278. The van der Waals surface area contributed by atoms with Crippen LogP contribution in [0.3, 0.4) is 0 Å². The van der Waals surface area contributed by atoms with Crippen LogP contribution in [0.25, 0.3) is 0 Å². The molecular formula is C18H19F3N4O3S. The average Bonchev–Trinajstić information content (AvgIpc) is 3.07. The molecular weight excluding hydrogens is 409 g/mol. The normalized spacial score (nSPS) is 14.6. The van der Waals surface area contributed by atoms with Gasteiger partial charge in [0.25, 0.3) is 0 Å². The molecule has 0 fully saturated rings. The van der Waals surface area contributed by atoms with Gasteiger partial charge in [0.15, 0.2) is 11.7 Å². The maximum atomic E-state index is 12.6. The number of nitrogens with one attached hydrogen (secondary N) is 1. The van der Waals surface area contributed by atoms with E-state index < -0.39 is 22.1 Å². The molecule has 0 bridgehead atoms. The second kappa shape index (κ2) is 8.19. The van der Waals surface area contributed by atoms with Crippen molar-refractivity contribution in [3.05, 3.63) is 54.1 Å². The molecule has 0 radical (unpaired) electrons. The van der Waals surface area contributed by atoms with Gasteiger partial charge in [-0.3, -0.25) is 9.30 Å². The first-order valence-electron chi connectivity index (χ1n) is 8.66. The molecule has 29 heavy (non-hydrogen) atoms. The summed E-state index contributed by atoms with van der Waals surface area (Å²) in [7, 11) is -3.60. The SMILES string of the molecule is NC(=NCCS(=O)(=O)N1CCc2ccccc21)Nc1ccccc1OC(F)(F)F. The lowest BCUT2D eigenvalue weighted by Gasteiger charge is -2.19. The number of para-hydroxylation sites is 3. The Balaban J connectivity index is 1.63. The molecule has 156 valence electrons. The van der Waals surface area contributed by atoms with Crippen LogP contribution in [-0.4, -0.2) is 39.6 Å². The molecule has 0 aliphatic carbocycles. The lowest BCUT2D eigenvalue weighted by molar-refractivity contribution is -0.274. The summed E-state index contributed by atoms with van der Waals surface area (Å²) in [6.45, 7) is 0.212. The maximum Gasteiger partial charge on any atom is 0.573 e. The predicted octanol–water partition coefficient (Wildman–Crippen LogP) is 2.70. The molecule has 2 aromatic rings. The molecule has 2 aromatic carbocycles. The third-order valence-electron chi connectivity index (χ3n) is 4.19. The summed E-state index contributed by atoms with van der Waals surface area (Å²) in [6, 6.07) is 12.6. The van der Waals surface area contributed by atoms with Crippen molar-refractivity contribution in [1.82, 2.24) is 0 Å². The summed E-state index contributed by atoms with van der Waals surface area (Å²) >= 11 is 0. The second-order valence-electron chi connectivity index (χ2n) is 6.20. The fourth-order valence-corrected chi connectivity index (χ4v) is 4.34. The predicted molar refractivity (Wildman–Crippen MR) is 105 cm³/mol. The van der Waals surface area contributed by atoms with E-state index in [2.05, 4.69) is 15.0 Å². The molecule has 0 saturated carbocycles. The second-order valence-corrected chi connectivity index (χ2v) is 8.22. The Morgan fingerprint density at radius 3 is 2.62 bits per heavy atom. The summed E-state index contributed by atoms with van der Waals surface area (Å²) in [4.78, 5) is 3.91. The highest BCUT2D eigenvalue weighted by atomic mass is 32.2. The van der Waals surface area contributed by atoms with Crippen LogP contribution in [0.4, 0.5) is 24.5 Å². The molecule has 0 atom stereocenters. The van der Waals surface area contributed by atoms with Crippen LogP contribution in [0, 0.1) is 0 Å². The van der Waals surface area contributed by atoms with Gasteiger partial charge in [-0.05, 0) is 30.2 Å². The summed E-state index contributed by atoms with van der Waals surface area (Å²) in [6.07, 6.45) is -4.22. The number of sulfonamides is 1. The molecule has 0 spiro atoms. The molecule has 0 aromatic heterocycles. The first kappa shape index (κ1) is 20.8. The summed E-state index contributed by atoms with van der Waals surface area (Å²) in [5.41, 5.74) is 7.27. The minimum atomic E-state index is -4.86. The van der Waals surface area contributed by atoms with Crippen molar-refractivity contribution in [1.29, 1.82) is 0 Å². The minimum Gasteiger partial charge on any atom is -0.404 e. The van der Waals surface area contributed by atoms with Crippen molar-refractivity contribution in [2.24, 2.45) is 10.7 Å². The maximum absolute atomic E-state index is 12.6. The number of ether oxygens (including phenoxy) is 1. The van der Waals surface area contributed by atoms with Crippen molar-refractivity contribution < 1.29 is 26.3 Å². The fourth-order valence-electron chi connectivity index (χ4n) is 2.95. The van der Waals surface area contributed by atoms with Crippen LogP contribution in [-0.2, 0) is 16.4 Å². The molecule has 0 saturated heterocycles. The monoisotopic (exact) mass is 428 g/mol. The molecule has 7 nitrogen and oxygen atoms in total. The Morgan fingerprint density at radius 1 is 1.17 bits per heavy atom. The number of nitrogens with zero attached hydrogens (tertiary/aromatic N) is 2. The smallest absolute Gasteiger partial charge is 0.404 e. The van der Waals surface area contributed by atoms with Crippen LogP contribution in [0.1, 0.15) is 5.56 Å². The minimum absolute atomic E-state index is 0.0394. The zero-order chi connectivity index (χ0) is 21.1.